The van der Waals surface area contributed by atoms with Crippen molar-refractivity contribution in [2.75, 3.05) is 0 Å². The van der Waals surface area contributed by atoms with Crippen LogP contribution >= 0.6 is 0 Å². The van der Waals surface area contributed by atoms with E-state index in [0.717, 1.165) is 0 Å². The maximum Gasteiger partial charge on any atom is -0.0320 e. The molecule has 164 valence electrons. The largest absolute Gasteiger partial charge is 0.103 e. The summed E-state index contributed by atoms with van der Waals surface area (Å²) < 4.78 is 0. The predicted octanol–water partition coefficient (Wildman–Crippen LogP) is 10.5. The topological polar surface area (TPSA) is 0 Å². The molecule has 0 N–H and O–H groups in total. The second kappa shape index (κ2) is 24.3. The molecule has 0 atom stereocenters. The first-order valence-corrected chi connectivity index (χ1v) is 12.7. The zero-order valence-electron chi connectivity index (χ0n) is 19.5. The van der Waals surface area contributed by atoms with Gasteiger partial charge in [-0.1, -0.05) is 108 Å². The third-order valence-electron chi connectivity index (χ3n) is 5.80. The van der Waals surface area contributed by atoms with E-state index < -0.39 is 0 Å². The molecule has 0 aromatic heterocycles. The molecule has 0 spiro atoms. The fourth-order valence-corrected chi connectivity index (χ4v) is 3.89. The standard InChI is InChI=1S/C28H52/c1-4-7-10-12-14-16-17-19-21-24-27-28(25-22-9-6-3)26-23-20-18-15-13-11-8-5-2/h4-5,25H,1-2,6-24,26-27H2,3H3. The second-order valence-corrected chi connectivity index (χ2v) is 8.61. The minimum atomic E-state index is 1.19. The highest BCUT2D eigenvalue weighted by molar-refractivity contribution is 5.01. The highest BCUT2D eigenvalue weighted by Gasteiger charge is 2.00. The third-order valence-corrected chi connectivity index (χ3v) is 5.80. The molecule has 28 heavy (non-hydrogen) atoms. The van der Waals surface area contributed by atoms with Crippen LogP contribution in [0.4, 0.5) is 0 Å². The van der Waals surface area contributed by atoms with Crippen LogP contribution in [-0.4, -0.2) is 0 Å². The molecule has 0 heteroatoms. The van der Waals surface area contributed by atoms with Gasteiger partial charge in [-0.05, 0) is 57.8 Å². The van der Waals surface area contributed by atoms with E-state index in [1.807, 2.05) is 0 Å². The van der Waals surface area contributed by atoms with Crippen molar-refractivity contribution >= 4 is 0 Å². The van der Waals surface area contributed by atoms with Gasteiger partial charge in [0.1, 0.15) is 0 Å². The number of allylic oxidation sites excluding steroid dienone is 4. The fraction of sp³-hybridized carbons (Fsp3) is 0.786. The number of unbranched alkanes of at least 4 members (excludes halogenated alkanes) is 16. The Bertz CT molecular complexity index is 349. The Hall–Kier alpha value is -0.780. The van der Waals surface area contributed by atoms with Gasteiger partial charge in [0, 0.05) is 0 Å². The Labute approximate surface area is 179 Å². The van der Waals surface area contributed by atoms with Crippen molar-refractivity contribution in [1.82, 2.24) is 0 Å². The first-order chi connectivity index (χ1) is 13.8. The van der Waals surface area contributed by atoms with Gasteiger partial charge in [-0.15, -0.1) is 13.2 Å². The first kappa shape index (κ1) is 27.2. The summed E-state index contributed by atoms with van der Waals surface area (Å²) in [6.45, 7) is 9.91. The van der Waals surface area contributed by atoms with Crippen molar-refractivity contribution in [3.63, 3.8) is 0 Å². The van der Waals surface area contributed by atoms with Crippen LogP contribution in [0.2, 0.25) is 0 Å². The minimum Gasteiger partial charge on any atom is -0.103 e. The van der Waals surface area contributed by atoms with E-state index in [0.29, 0.717) is 0 Å². The summed E-state index contributed by atoms with van der Waals surface area (Å²) >= 11 is 0. The fourth-order valence-electron chi connectivity index (χ4n) is 3.89. The molecule has 0 nitrogen and oxygen atoms in total. The van der Waals surface area contributed by atoms with Gasteiger partial charge in [-0.3, -0.25) is 0 Å². The Morgan fingerprint density at radius 3 is 1.29 bits per heavy atom. The van der Waals surface area contributed by atoms with Gasteiger partial charge in [-0.25, -0.2) is 0 Å². The second-order valence-electron chi connectivity index (χ2n) is 8.61. The van der Waals surface area contributed by atoms with E-state index in [9.17, 15) is 0 Å². The lowest BCUT2D eigenvalue weighted by atomic mass is 9.98. The van der Waals surface area contributed by atoms with E-state index in [2.05, 4.69) is 38.3 Å². The Morgan fingerprint density at radius 1 is 0.500 bits per heavy atom. The molecule has 0 aromatic carbocycles. The maximum absolute atomic E-state index is 3.81. The van der Waals surface area contributed by atoms with Gasteiger partial charge in [0.2, 0.25) is 0 Å². The third kappa shape index (κ3) is 21.5. The van der Waals surface area contributed by atoms with Gasteiger partial charge in [0.05, 0.1) is 0 Å². The van der Waals surface area contributed by atoms with Crippen LogP contribution in [0, 0.1) is 0 Å². The van der Waals surface area contributed by atoms with Gasteiger partial charge in [0.25, 0.3) is 0 Å². The van der Waals surface area contributed by atoms with Crippen LogP contribution in [0.15, 0.2) is 37.0 Å². The first-order valence-electron chi connectivity index (χ1n) is 12.7. The highest BCUT2D eigenvalue weighted by atomic mass is 14.1. The average Bonchev–Trinajstić information content (AvgIpc) is 2.71. The number of hydrogen-bond donors (Lipinski definition) is 0. The zero-order valence-corrected chi connectivity index (χ0v) is 19.5. The Kier molecular flexibility index (Phi) is 23.6. The SMILES string of the molecule is C=CCCCCCCCCCCC(=CCCCC)CCCCCCCCC=C. The van der Waals surface area contributed by atoms with E-state index in [1.54, 1.807) is 5.57 Å². The molecule has 0 aliphatic carbocycles. The quantitative estimate of drug-likeness (QED) is 0.121. The van der Waals surface area contributed by atoms with Crippen LogP contribution in [0.1, 0.15) is 142 Å². The van der Waals surface area contributed by atoms with Crippen molar-refractivity contribution in [3.05, 3.63) is 37.0 Å². The Balaban J connectivity index is 3.71. The van der Waals surface area contributed by atoms with Gasteiger partial charge >= 0.3 is 0 Å². The van der Waals surface area contributed by atoms with Crippen LogP contribution in [-0.2, 0) is 0 Å². The van der Waals surface area contributed by atoms with Crippen molar-refractivity contribution in [1.29, 1.82) is 0 Å². The van der Waals surface area contributed by atoms with Crippen molar-refractivity contribution in [2.45, 2.75) is 142 Å². The maximum atomic E-state index is 3.81. The molecule has 0 heterocycles. The summed E-state index contributed by atoms with van der Waals surface area (Å²) in [5, 5.41) is 0. The average molecular weight is 389 g/mol. The van der Waals surface area contributed by atoms with Crippen molar-refractivity contribution < 1.29 is 0 Å². The summed E-state index contributed by atoms with van der Waals surface area (Å²) in [6.07, 6.45) is 35.5. The molecule has 0 aliphatic rings. The molecule has 0 bridgehead atoms. The summed E-state index contributed by atoms with van der Waals surface area (Å²) in [6, 6.07) is 0. The van der Waals surface area contributed by atoms with E-state index in [4.69, 9.17) is 0 Å². The lowest BCUT2D eigenvalue weighted by Gasteiger charge is -2.09. The summed E-state index contributed by atoms with van der Waals surface area (Å²) in [4.78, 5) is 0. The van der Waals surface area contributed by atoms with Crippen LogP contribution in [0.3, 0.4) is 0 Å². The molecule has 0 aromatic rings. The minimum absolute atomic E-state index is 1.19. The lowest BCUT2D eigenvalue weighted by molar-refractivity contribution is 0.560. The van der Waals surface area contributed by atoms with E-state index >= 15 is 0 Å². The molecule has 0 unspecified atom stereocenters. The molecule has 0 fully saturated rings. The molecular weight excluding hydrogens is 336 g/mol. The molecule has 0 aliphatic heterocycles. The molecule has 0 rings (SSSR count). The summed E-state index contributed by atoms with van der Waals surface area (Å²) in [5.41, 5.74) is 1.77. The van der Waals surface area contributed by atoms with Crippen molar-refractivity contribution in [3.8, 4) is 0 Å². The summed E-state index contributed by atoms with van der Waals surface area (Å²) in [5.74, 6) is 0. The molecular formula is C28H52. The monoisotopic (exact) mass is 388 g/mol. The molecule has 0 radical (unpaired) electrons. The van der Waals surface area contributed by atoms with Gasteiger partial charge < -0.3 is 0 Å². The normalized spacial score (nSPS) is 11.7. The van der Waals surface area contributed by atoms with Crippen LogP contribution in [0.25, 0.3) is 0 Å². The van der Waals surface area contributed by atoms with Crippen LogP contribution < -0.4 is 0 Å². The number of hydrogen-bond acceptors (Lipinski definition) is 0. The molecule has 0 saturated carbocycles. The lowest BCUT2D eigenvalue weighted by Crippen LogP contribution is -1.89. The van der Waals surface area contributed by atoms with Gasteiger partial charge in [-0.2, -0.15) is 0 Å². The molecule has 0 amide bonds. The van der Waals surface area contributed by atoms with E-state index in [-0.39, 0.29) is 0 Å². The molecule has 0 saturated heterocycles. The number of rotatable bonds is 23. The van der Waals surface area contributed by atoms with E-state index in [1.165, 1.54) is 135 Å². The zero-order chi connectivity index (χ0) is 20.5. The summed E-state index contributed by atoms with van der Waals surface area (Å²) in [7, 11) is 0. The van der Waals surface area contributed by atoms with Gasteiger partial charge in [0.15, 0.2) is 0 Å². The van der Waals surface area contributed by atoms with Crippen LogP contribution in [0.5, 0.6) is 0 Å². The predicted molar refractivity (Wildman–Crippen MR) is 131 cm³/mol. The Morgan fingerprint density at radius 2 is 0.893 bits per heavy atom. The smallest absolute Gasteiger partial charge is 0.0320 e. The van der Waals surface area contributed by atoms with Crippen molar-refractivity contribution in [2.24, 2.45) is 0 Å². The highest BCUT2D eigenvalue weighted by Crippen LogP contribution is 2.20.